The van der Waals surface area contributed by atoms with Crippen LogP contribution < -0.4 is 0 Å². The second-order valence-corrected chi connectivity index (χ2v) is 4.12. The number of benzene rings is 2. The van der Waals surface area contributed by atoms with Crippen LogP contribution in [0.15, 0.2) is 66.7 Å². The molecule has 0 aliphatic heterocycles. The molecule has 0 aliphatic carbocycles. The van der Waals surface area contributed by atoms with E-state index in [0.29, 0.717) is 0 Å². The highest BCUT2D eigenvalue weighted by atomic mass is 35.5. The van der Waals surface area contributed by atoms with E-state index in [1.165, 1.54) is 5.56 Å². The molecule has 0 spiro atoms. The fraction of sp³-hybridized carbons (Fsp3) is 0. The van der Waals surface area contributed by atoms with Crippen molar-refractivity contribution in [1.82, 2.24) is 0 Å². The maximum Gasteiger partial charge on any atom is 0.0406 e. The zero-order chi connectivity index (χ0) is 11.9. The van der Waals surface area contributed by atoms with Crippen LogP contribution in [-0.4, -0.2) is 0 Å². The molecule has 0 bridgehead atoms. The van der Waals surface area contributed by atoms with Crippen molar-refractivity contribution < 1.29 is 0 Å². The van der Waals surface area contributed by atoms with E-state index >= 15 is 0 Å². The quantitative estimate of drug-likeness (QED) is 0.658. The Bertz CT molecular complexity index is 507. The lowest BCUT2D eigenvalue weighted by molar-refractivity contribution is 1.65. The standard InChI is InChI=1S/C16H13Cl/c17-16-12-10-15(11-13-16)9-5-4-8-14-6-2-1-3-7-14/h1-13H/b8-4+,9-5+. The molecule has 0 N–H and O–H groups in total. The lowest BCUT2D eigenvalue weighted by atomic mass is 10.2. The summed E-state index contributed by atoms with van der Waals surface area (Å²) in [5, 5.41) is 0.766. The van der Waals surface area contributed by atoms with E-state index in [0.717, 1.165) is 10.6 Å². The molecule has 0 radical (unpaired) electrons. The number of allylic oxidation sites excluding steroid dienone is 2. The Labute approximate surface area is 107 Å². The van der Waals surface area contributed by atoms with Gasteiger partial charge in [-0.25, -0.2) is 0 Å². The Kier molecular flexibility index (Phi) is 4.17. The summed E-state index contributed by atoms with van der Waals surface area (Å²) in [5.41, 5.74) is 2.35. The third-order valence-electron chi connectivity index (χ3n) is 2.36. The van der Waals surface area contributed by atoms with E-state index in [2.05, 4.69) is 24.3 Å². The second kappa shape index (κ2) is 6.07. The Balaban J connectivity index is 1.98. The number of halogens is 1. The van der Waals surface area contributed by atoms with Crippen LogP contribution in [0.25, 0.3) is 12.2 Å². The zero-order valence-corrected chi connectivity index (χ0v) is 10.1. The molecule has 0 saturated carbocycles. The lowest BCUT2D eigenvalue weighted by Gasteiger charge is -1.92. The summed E-state index contributed by atoms with van der Waals surface area (Å²) in [6.07, 6.45) is 8.18. The van der Waals surface area contributed by atoms with Gasteiger partial charge in [-0.2, -0.15) is 0 Å². The van der Waals surface area contributed by atoms with Crippen LogP contribution in [-0.2, 0) is 0 Å². The predicted octanol–water partition coefficient (Wildman–Crippen LogP) is 5.07. The molecule has 0 heterocycles. The highest BCUT2D eigenvalue weighted by Gasteiger charge is 1.86. The first-order chi connectivity index (χ1) is 8.34. The molecule has 17 heavy (non-hydrogen) atoms. The number of rotatable bonds is 3. The van der Waals surface area contributed by atoms with Gasteiger partial charge >= 0.3 is 0 Å². The molecular formula is C16H13Cl. The first kappa shape index (κ1) is 11.7. The molecule has 0 unspecified atom stereocenters. The normalized spacial score (nSPS) is 11.4. The van der Waals surface area contributed by atoms with Crippen molar-refractivity contribution >= 4 is 23.8 Å². The molecule has 84 valence electrons. The average Bonchev–Trinajstić information content (AvgIpc) is 2.38. The van der Waals surface area contributed by atoms with Crippen molar-refractivity contribution in [2.75, 3.05) is 0 Å². The third-order valence-corrected chi connectivity index (χ3v) is 2.61. The maximum atomic E-state index is 5.81. The van der Waals surface area contributed by atoms with Gasteiger partial charge in [-0.1, -0.05) is 78.4 Å². The molecule has 2 rings (SSSR count). The molecule has 2 aromatic carbocycles. The van der Waals surface area contributed by atoms with Crippen LogP contribution >= 0.6 is 11.6 Å². The van der Waals surface area contributed by atoms with Gasteiger partial charge < -0.3 is 0 Å². The van der Waals surface area contributed by atoms with Crippen molar-refractivity contribution in [3.63, 3.8) is 0 Å². The van der Waals surface area contributed by atoms with E-state index in [4.69, 9.17) is 11.6 Å². The molecule has 0 atom stereocenters. The minimum atomic E-state index is 0.766. The van der Waals surface area contributed by atoms with Crippen molar-refractivity contribution in [3.05, 3.63) is 82.9 Å². The monoisotopic (exact) mass is 240 g/mol. The largest absolute Gasteiger partial charge is 0.0843 e. The van der Waals surface area contributed by atoms with Crippen LogP contribution in [0.1, 0.15) is 11.1 Å². The number of hydrogen-bond donors (Lipinski definition) is 0. The fourth-order valence-electron chi connectivity index (χ4n) is 1.47. The van der Waals surface area contributed by atoms with E-state index < -0.39 is 0 Å². The molecule has 0 aliphatic rings. The van der Waals surface area contributed by atoms with Gasteiger partial charge in [0.05, 0.1) is 0 Å². The van der Waals surface area contributed by atoms with Gasteiger partial charge in [0.2, 0.25) is 0 Å². The van der Waals surface area contributed by atoms with Crippen LogP contribution in [0.2, 0.25) is 5.02 Å². The van der Waals surface area contributed by atoms with Crippen molar-refractivity contribution in [3.8, 4) is 0 Å². The SMILES string of the molecule is Clc1ccc(/C=C/C=C/c2ccccc2)cc1. The molecule has 0 fully saturated rings. The smallest absolute Gasteiger partial charge is 0.0406 e. The van der Waals surface area contributed by atoms with E-state index in [-0.39, 0.29) is 0 Å². The molecule has 0 amide bonds. The van der Waals surface area contributed by atoms with Gasteiger partial charge in [-0.3, -0.25) is 0 Å². The summed E-state index contributed by atoms with van der Waals surface area (Å²) < 4.78 is 0. The molecule has 1 heteroatoms. The van der Waals surface area contributed by atoms with E-state index in [1.807, 2.05) is 54.6 Å². The van der Waals surface area contributed by atoms with Gasteiger partial charge in [-0.15, -0.1) is 0 Å². The fourth-order valence-corrected chi connectivity index (χ4v) is 1.60. The third kappa shape index (κ3) is 3.93. The minimum Gasteiger partial charge on any atom is -0.0843 e. The molecule has 0 aromatic heterocycles. The van der Waals surface area contributed by atoms with Gasteiger partial charge in [0, 0.05) is 5.02 Å². The summed E-state index contributed by atoms with van der Waals surface area (Å²) in [6, 6.07) is 18.0. The van der Waals surface area contributed by atoms with Crippen LogP contribution in [0.3, 0.4) is 0 Å². The highest BCUT2D eigenvalue weighted by molar-refractivity contribution is 6.30. The number of hydrogen-bond acceptors (Lipinski definition) is 0. The van der Waals surface area contributed by atoms with E-state index in [9.17, 15) is 0 Å². The van der Waals surface area contributed by atoms with Gasteiger partial charge in [0.15, 0.2) is 0 Å². The van der Waals surface area contributed by atoms with Gasteiger partial charge in [-0.05, 0) is 23.3 Å². The topological polar surface area (TPSA) is 0 Å². The second-order valence-electron chi connectivity index (χ2n) is 3.68. The predicted molar refractivity (Wildman–Crippen MR) is 76.0 cm³/mol. The first-order valence-corrected chi connectivity index (χ1v) is 5.88. The Morgan fingerprint density at radius 2 is 1.18 bits per heavy atom. The summed E-state index contributed by atoms with van der Waals surface area (Å²) in [7, 11) is 0. The molecule has 2 aromatic rings. The Morgan fingerprint density at radius 1 is 0.647 bits per heavy atom. The van der Waals surface area contributed by atoms with Crippen LogP contribution in [0, 0.1) is 0 Å². The summed E-state index contributed by atoms with van der Waals surface area (Å²) in [4.78, 5) is 0. The van der Waals surface area contributed by atoms with Crippen LogP contribution in [0.4, 0.5) is 0 Å². The van der Waals surface area contributed by atoms with Crippen molar-refractivity contribution in [1.29, 1.82) is 0 Å². The minimum absolute atomic E-state index is 0.766. The zero-order valence-electron chi connectivity index (χ0n) is 9.38. The van der Waals surface area contributed by atoms with Crippen molar-refractivity contribution in [2.45, 2.75) is 0 Å². The van der Waals surface area contributed by atoms with Gasteiger partial charge in [0.25, 0.3) is 0 Å². The first-order valence-electron chi connectivity index (χ1n) is 5.50. The molecule has 0 saturated heterocycles. The van der Waals surface area contributed by atoms with Crippen molar-refractivity contribution in [2.24, 2.45) is 0 Å². The summed E-state index contributed by atoms with van der Waals surface area (Å²) in [5.74, 6) is 0. The summed E-state index contributed by atoms with van der Waals surface area (Å²) >= 11 is 5.81. The molecular weight excluding hydrogens is 228 g/mol. The maximum absolute atomic E-state index is 5.81. The molecule has 0 nitrogen and oxygen atoms in total. The average molecular weight is 241 g/mol. The van der Waals surface area contributed by atoms with Gasteiger partial charge in [0.1, 0.15) is 0 Å². The van der Waals surface area contributed by atoms with Crippen LogP contribution in [0.5, 0.6) is 0 Å². The lowest BCUT2D eigenvalue weighted by Crippen LogP contribution is -1.70. The summed E-state index contributed by atoms with van der Waals surface area (Å²) in [6.45, 7) is 0. The highest BCUT2D eigenvalue weighted by Crippen LogP contribution is 2.10. The Hall–Kier alpha value is -1.79. The Morgan fingerprint density at radius 3 is 1.76 bits per heavy atom. The van der Waals surface area contributed by atoms with E-state index in [1.54, 1.807) is 0 Å².